The molecule has 9 heteroatoms. The van der Waals surface area contributed by atoms with Crippen LogP contribution in [0.15, 0.2) is 5.16 Å². The standard InChI is InChI=1S/C14H21F3N4OS/c1-8-5-4-6-10(9(8)2)18-11(22)7-23-13-20-19-12(21(13)3)14(15,16)17/h8-10H,4-7H2,1-3H3,(H,18,22)/t8-,9+,10+/m1/s1. The van der Waals surface area contributed by atoms with Crippen molar-refractivity contribution in [2.24, 2.45) is 18.9 Å². The molecule has 1 aromatic heterocycles. The summed E-state index contributed by atoms with van der Waals surface area (Å²) in [5.41, 5.74) is 0. The summed E-state index contributed by atoms with van der Waals surface area (Å²) in [7, 11) is 1.24. The molecular formula is C14H21F3N4OS. The summed E-state index contributed by atoms with van der Waals surface area (Å²) in [6, 6.07) is 0.136. The third kappa shape index (κ3) is 4.39. The first-order valence-corrected chi connectivity index (χ1v) is 8.57. The zero-order valence-corrected chi connectivity index (χ0v) is 14.2. The van der Waals surface area contributed by atoms with Crippen LogP contribution in [0.5, 0.6) is 0 Å². The number of amides is 1. The number of thioether (sulfide) groups is 1. The molecule has 1 N–H and O–H groups in total. The van der Waals surface area contributed by atoms with Crippen molar-refractivity contribution in [1.29, 1.82) is 0 Å². The Morgan fingerprint density at radius 1 is 1.35 bits per heavy atom. The minimum Gasteiger partial charge on any atom is -0.352 e. The van der Waals surface area contributed by atoms with E-state index in [1.165, 1.54) is 13.5 Å². The van der Waals surface area contributed by atoms with E-state index in [2.05, 4.69) is 29.4 Å². The first-order valence-electron chi connectivity index (χ1n) is 7.59. The summed E-state index contributed by atoms with van der Waals surface area (Å²) < 4.78 is 38.8. The SMILES string of the molecule is C[C@H]1[C@H](C)CCC[C@@H]1NC(=O)CSc1nnc(C(F)(F)F)n1C. The van der Waals surface area contributed by atoms with Gasteiger partial charge in [0.05, 0.1) is 5.75 Å². The summed E-state index contributed by atoms with van der Waals surface area (Å²) in [5, 5.41) is 9.71. The Bertz CT molecular complexity index is 561. The van der Waals surface area contributed by atoms with Gasteiger partial charge < -0.3 is 9.88 Å². The molecule has 3 atom stereocenters. The molecule has 1 aliphatic rings. The molecule has 1 fully saturated rings. The van der Waals surface area contributed by atoms with Crippen molar-refractivity contribution in [3.8, 4) is 0 Å². The fourth-order valence-electron chi connectivity index (χ4n) is 2.85. The Morgan fingerprint density at radius 3 is 2.65 bits per heavy atom. The highest BCUT2D eigenvalue weighted by atomic mass is 32.2. The van der Waals surface area contributed by atoms with Gasteiger partial charge in [-0.25, -0.2) is 0 Å². The molecule has 0 saturated heterocycles. The van der Waals surface area contributed by atoms with Gasteiger partial charge in [-0.15, -0.1) is 10.2 Å². The van der Waals surface area contributed by atoms with Crippen molar-refractivity contribution in [2.45, 2.75) is 50.5 Å². The number of aromatic nitrogens is 3. The molecule has 0 spiro atoms. The highest BCUT2D eigenvalue weighted by Crippen LogP contribution is 2.31. The van der Waals surface area contributed by atoms with Crippen molar-refractivity contribution in [3.05, 3.63) is 5.82 Å². The molecule has 0 radical (unpaired) electrons. The maximum Gasteiger partial charge on any atom is 0.451 e. The minimum atomic E-state index is -4.55. The van der Waals surface area contributed by atoms with Crippen molar-refractivity contribution >= 4 is 17.7 Å². The first kappa shape index (κ1) is 18.1. The average Bonchev–Trinajstić information content (AvgIpc) is 2.83. The third-order valence-corrected chi connectivity index (χ3v) is 5.49. The Balaban J connectivity index is 1.89. The average molecular weight is 350 g/mol. The van der Waals surface area contributed by atoms with Crippen LogP contribution in [-0.2, 0) is 18.0 Å². The van der Waals surface area contributed by atoms with Crippen LogP contribution in [0.2, 0.25) is 0 Å². The number of nitrogens with zero attached hydrogens (tertiary/aromatic N) is 3. The first-order chi connectivity index (χ1) is 10.7. The number of halogens is 3. The molecule has 1 heterocycles. The van der Waals surface area contributed by atoms with Gasteiger partial charge >= 0.3 is 6.18 Å². The molecule has 130 valence electrons. The molecule has 5 nitrogen and oxygen atoms in total. The quantitative estimate of drug-likeness (QED) is 0.849. The van der Waals surface area contributed by atoms with Crippen LogP contribution < -0.4 is 5.32 Å². The number of hydrogen-bond acceptors (Lipinski definition) is 4. The van der Waals surface area contributed by atoms with Gasteiger partial charge in [0.1, 0.15) is 0 Å². The molecule has 2 rings (SSSR count). The predicted octanol–water partition coefficient (Wildman–Crippen LogP) is 2.87. The van der Waals surface area contributed by atoms with E-state index in [0.29, 0.717) is 11.8 Å². The number of alkyl halides is 3. The summed E-state index contributed by atoms with van der Waals surface area (Å²) in [4.78, 5) is 12.0. The number of rotatable bonds is 4. The van der Waals surface area contributed by atoms with Crippen LogP contribution in [0.1, 0.15) is 38.9 Å². The van der Waals surface area contributed by atoms with Gasteiger partial charge in [-0.05, 0) is 18.3 Å². The zero-order chi connectivity index (χ0) is 17.2. The zero-order valence-electron chi connectivity index (χ0n) is 13.4. The second-order valence-corrected chi connectivity index (χ2v) is 7.04. The summed E-state index contributed by atoms with van der Waals surface area (Å²) >= 11 is 0.960. The molecule has 0 unspecified atom stereocenters. The van der Waals surface area contributed by atoms with Gasteiger partial charge in [0, 0.05) is 13.1 Å². The third-order valence-electron chi connectivity index (χ3n) is 4.47. The van der Waals surface area contributed by atoms with E-state index in [4.69, 9.17) is 0 Å². The Morgan fingerprint density at radius 2 is 2.04 bits per heavy atom. The molecule has 1 aliphatic carbocycles. The maximum atomic E-state index is 12.6. The molecule has 23 heavy (non-hydrogen) atoms. The van der Waals surface area contributed by atoms with E-state index in [1.54, 1.807) is 0 Å². The second kappa shape index (κ2) is 7.11. The number of hydrogen-bond donors (Lipinski definition) is 1. The van der Waals surface area contributed by atoms with E-state index in [1.807, 2.05) is 0 Å². The summed E-state index contributed by atoms with van der Waals surface area (Å²) in [5.74, 6) is -0.242. The van der Waals surface area contributed by atoms with E-state index in [0.717, 1.165) is 29.2 Å². The highest BCUT2D eigenvalue weighted by Gasteiger charge is 2.37. The maximum absolute atomic E-state index is 12.6. The van der Waals surface area contributed by atoms with Crippen LogP contribution in [0.3, 0.4) is 0 Å². The fraction of sp³-hybridized carbons (Fsp3) is 0.786. The van der Waals surface area contributed by atoms with Gasteiger partial charge in [-0.3, -0.25) is 4.79 Å². The number of nitrogens with one attached hydrogen (secondary N) is 1. The lowest BCUT2D eigenvalue weighted by molar-refractivity contribution is -0.147. The molecule has 1 saturated carbocycles. The van der Waals surface area contributed by atoms with Crippen LogP contribution in [0, 0.1) is 11.8 Å². The van der Waals surface area contributed by atoms with Crippen LogP contribution >= 0.6 is 11.8 Å². The smallest absolute Gasteiger partial charge is 0.352 e. The van der Waals surface area contributed by atoms with Crippen LogP contribution in [-0.4, -0.2) is 32.5 Å². The Kier molecular flexibility index (Phi) is 5.59. The van der Waals surface area contributed by atoms with Crippen molar-refractivity contribution in [2.75, 3.05) is 5.75 Å². The summed E-state index contributed by atoms with van der Waals surface area (Å²) in [6.45, 7) is 4.30. The molecule has 1 aromatic rings. The van der Waals surface area contributed by atoms with E-state index in [9.17, 15) is 18.0 Å². The minimum absolute atomic E-state index is 0.0292. The molecular weight excluding hydrogens is 329 g/mol. The summed E-state index contributed by atoms with van der Waals surface area (Å²) in [6.07, 6.45) is -1.34. The molecule has 0 aliphatic heterocycles. The van der Waals surface area contributed by atoms with E-state index < -0.39 is 12.0 Å². The Hall–Kier alpha value is -1.25. The van der Waals surface area contributed by atoms with Crippen LogP contribution in [0.4, 0.5) is 13.2 Å². The Labute approximate surface area is 137 Å². The van der Waals surface area contributed by atoms with E-state index >= 15 is 0 Å². The molecule has 0 bridgehead atoms. The lowest BCUT2D eigenvalue weighted by atomic mass is 9.78. The van der Waals surface area contributed by atoms with Gasteiger partial charge in [-0.2, -0.15) is 13.2 Å². The highest BCUT2D eigenvalue weighted by molar-refractivity contribution is 7.99. The van der Waals surface area contributed by atoms with Crippen molar-refractivity contribution < 1.29 is 18.0 Å². The lowest BCUT2D eigenvalue weighted by Gasteiger charge is -2.34. The van der Waals surface area contributed by atoms with Gasteiger partial charge in [-0.1, -0.05) is 38.5 Å². The largest absolute Gasteiger partial charge is 0.451 e. The topological polar surface area (TPSA) is 59.8 Å². The monoisotopic (exact) mass is 350 g/mol. The van der Waals surface area contributed by atoms with Crippen molar-refractivity contribution in [1.82, 2.24) is 20.1 Å². The van der Waals surface area contributed by atoms with Crippen LogP contribution in [0.25, 0.3) is 0 Å². The predicted molar refractivity (Wildman–Crippen MR) is 80.8 cm³/mol. The second-order valence-electron chi connectivity index (χ2n) is 6.09. The number of carbonyl (C=O) groups excluding carboxylic acids is 1. The number of carbonyl (C=O) groups is 1. The van der Waals surface area contributed by atoms with Gasteiger partial charge in [0.2, 0.25) is 11.7 Å². The molecule has 1 amide bonds. The lowest BCUT2D eigenvalue weighted by Crippen LogP contribution is -2.44. The normalized spacial score (nSPS) is 25.4. The van der Waals surface area contributed by atoms with Gasteiger partial charge in [0.25, 0.3) is 0 Å². The fourth-order valence-corrected chi connectivity index (χ4v) is 3.57. The molecule has 0 aromatic carbocycles. The van der Waals surface area contributed by atoms with Gasteiger partial charge in [0.15, 0.2) is 5.16 Å². The van der Waals surface area contributed by atoms with Crippen molar-refractivity contribution in [3.63, 3.8) is 0 Å². The van der Waals surface area contributed by atoms with E-state index in [-0.39, 0.29) is 22.9 Å².